The molecule has 0 bridgehead atoms. The zero-order valence-corrected chi connectivity index (χ0v) is 27.3. The molecule has 4 heteroatoms. The summed E-state index contributed by atoms with van der Waals surface area (Å²) in [5.41, 5.74) is 10.3. The quantitative estimate of drug-likeness (QED) is 0.218. The highest BCUT2D eigenvalue weighted by Crippen LogP contribution is 2.42. The summed E-state index contributed by atoms with van der Waals surface area (Å²) in [6.45, 7) is 13.3. The van der Waals surface area contributed by atoms with Crippen LogP contribution in [0.2, 0.25) is 0 Å². The standard InChI is InChI=1S/C42H39N3O/c1-41(2,3)29-22-28(23-31(24-29)45-38-20-11-10-16-32(38)33-17-13-21-43-40(33)45)36-18-12-19-37(44-36)35-26-30(42(4,5)6)25-34(39(35)46)27-14-8-7-9-15-27/h7-26,46H,1-6H3. The van der Waals surface area contributed by atoms with E-state index in [2.05, 4.69) is 113 Å². The van der Waals surface area contributed by atoms with Gasteiger partial charge >= 0.3 is 0 Å². The number of para-hydroxylation sites is 1. The van der Waals surface area contributed by atoms with Crippen molar-refractivity contribution in [1.82, 2.24) is 14.5 Å². The Morgan fingerprint density at radius 1 is 0.565 bits per heavy atom. The van der Waals surface area contributed by atoms with Gasteiger partial charge in [-0.1, -0.05) is 96.1 Å². The zero-order chi connectivity index (χ0) is 32.2. The average Bonchev–Trinajstić information content (AvgIpc) is 3.39. The number of hydrogen-bond donors (Lipinski definition) is 1. The Hall–Kier alpha value is -5.22. The lowest BCUT2D eigenvalue weighted by molar-refractivity contribution is 0.478. The summed E-state index contributed by atoms with van der Waals surface area (Å²) in [5, 5.41) is 14.0. The third kappa shape index (κ3) is 5.24. The lowest BCUT2D eigenvalue weighted by Crippen LogP contribution is -2.12. The summed E-state index contributed by atoms with van der Waals surface area (Å²) in [6, 6.07) is 39.7. The third-order valence-electron chi connectivity index (χ3n) is 8.86. The van der Waals surface area contributed by atoms with Crippen LogP contribution >= 0.6 is 0 Å². The van der Waals surface area contributed by atoms with E-state index in [1.54, 1.807) is 0 Å². The fourth-order valence-electron chi connectivity index (χ4n) is 6.22. The molecule has 0 saturated heterocycles. The normalized spacial score (nSPS) is 12.2. The van der Waals surface area contributed by atoms with E-state index in [4.69, 9.17) is 9.97 Å². The molecule has 0 aliphatic heterocycles. The van der Waals surface area contributed by atoms with Crippen LogP contribution in [0.1, 0.15) is 52.7 Å². The number of nitrogens with zero attached hydrogens (tertiary/aromatic N) is 3. The topological polar surface area (TPSA) is 50.9 Å². The smallest absolute Gasteiger partial charge is 0.145 e. The molecule has 228 valence electrons. The average molecular weight is 602 g/mol. The molecule has 0 aliphatic carbocycles. The molecule has 7 aromatic rings. The molecule has 0 atom stereocenters. The van der Waals surface area contributed by atoms with Crippen LogP contribution in [0, 0.1) is 0 Å². The molecule has 0 amide bonds. The van der Waals surface area contributed by atoms with Crippen molar-refractivity contribution in [2.24, 2.45) is 0 Å². The zero-order valence-electron chi connectivity index (χ0n) is 27.3. The van der Waals surface area contributed by atoms with E-state index in [-0.39, 0.29) is 16.6 Å². The number of hydrogen-bond acceptors (Lipinski definition) is 3. The Balaban J connectivity index is 1.44. The maximum atomic E-state index is 11.7. The van der Waals surface area contributed by atoms with Crippen LogP contribution < -0.4 is 0 Å². The van der Waals surface area contributed by atoms with Gasteiger partial charge in [-0.3, -0.25) is 4.57 Å². The van der Waals surface area contributed by atoms with Gasteiger partial charge in [-0.25, -0.2) is 9.97 Å². The molecule has 4 nitrogen and oxygen atoms in total. The highest BCUT2D eigenvalue weighted by atomic mass is 16.3. The number of phenols is 1. The molecule has 3 heterocycles. The molecule has 0 radical (unpaired) electrons. The predicted molar refractivity (Wildman–Crippen MR) is 192 cm³/mol. The van der Waals surface area contributed by atoms with Gasteiger partial charge in [0.2, 0.25) is 0 Å². The number of aromatic hydroxyl groups is 1. The fraction of sp³-hybridized carbons (Fsp3) is 0.190. The first-order chi connectivity index (χ1) is 22.0. The molecule has 4 aromatic carbocycles. The van der Waals surface area contributed by atoms with Crippen molar-refractivity contribution in [2.45, 2.75) is 52.4 Å². The first-order valence-electron chi connectivity index (χ1n) is 15.9. The fourth-order valence-corrected chi connectivity index (χ4v) is 6.22. The van der Waals surface area contributed by atoms with Crippen LogP contribution in [0.4, 0.5) is 0 Å². The van der Waals surface area contributed by atoms with E-state index >= 15 is 0 Å². The molecule has 1 N–H and O–H groups in total. The molecule has 0 unspecified atom stereocenters. The van der Waals surface area contributed by atoms with Crippen molar-refractivity contribution in [3.63, 3.8) is 0 Å². The number of phenolic OH excluding ortho intramolecular Hbond substituents is 1. The van der Waals surface area contributed by atoms with E-state index in [1.807, 2.05) is 54.7 Å². The summed E-state index contributed by atoms with van der Waals surface area (Å²) >= 11 is 0. The second-order valence-electron chi connectivity index (χ2n) is 14.2. The van der Waals surface area contributed by atoms with Crippen molar-refractivity contribution in [1.29, 1.82) is 0 Å². The number of benzene rings is 4. The van der Waals surface area contributed by atoms with Crippen molar-refractivity contribution in [3.8, 4) is 45.1 Å². The number of pyridine rings is 2. The summed E-state index contributed by atoms with van der Waals surface area (Å²) in [5.74, 6) is 0.240. The third-order valence-corrected chi connectivity index (χ3v) is 8.86. The molecular weight excluding hydrogens is 562 g/mol. The van der Waals surface area contributed by atoms with E-state index in [1.165, 1.54) is 10.9 Å². The summed E-state index contributed by atoms with van der Waals surface area (Å²) in [7, 11) is 0. The first-order valence-corrected chi connectivity index (χ1v) is 15.9. The van der Waals surface area contributed by atoms with Gasteiger partial charge in [0.1, 0.15) is 11.4 Å². The molecule has 0 fully saturated rings. The van der Waals surface area contributed by atoms with Crippen molar-refractivity contribution >= 4 is 21.9 Å². The van der Waals surface area contributed by atoms with Crippen LogP contribution in [0.3, 0.4) is 0 Å². The minimum absolute atomic E-state index is 0.0988. The molecule has 0 aliphatic rings. The Kier molecular flexibility index (Phi) is 7.05. The lowest BCUT2D eigenvalue weighted by atomic mass is 9.83. The van der Waals surface area contributed by atoms with Gasteiger partial charge in [-0.05, 0) is 88.2 Å². The van der Waals surface area contributed by atoms with Crippen LogP contribution in [0.5, 0.6) is 5.75 Å². The van der Waals surface area contributed by atoms with Gasteiger partial charge in [0.25, 0.3) is 0 Å². The maximum Gasteiger partial charge on any atom is 0.145 e. The molecule has 46 heavy (non-hydrogen) atoms. The van der Waals surface area contributed by atoms with Crippen molar-refractivity contribution in [3.05, 3.63) is 133 Å². The monoisotopic (exact) mass is 601 g/mol. The molecule has 0 spiro atoms. The maximum absolute atomic E-state index is 11.7. The van der Waals surface area contributed by atoms with E-state index < -0.39 is 0 Å². The molecular formula is C42H39N3O. The van der Waals surface area contributed by atoms with Crippen LogP contribution in [-0.2, 0) is 10.8 Å². The molecule has 7 rings (SSSR count). The van der Waals surface area contributed by atoms with Gasteiger partial charge in [-0.15, -0.1) is 0 Å². The molecule has 0 saturated carbocycles. The van der Waals surface area contributed by atoms with E-state index in [0.29, 0.717) is 0 Å². The summed E-state index contributed by atoms with van der Waals surface area (Å²) < 4.78 is 2.26. The second kappa shape index (κ2) is 11.0. The van der Waals surface area contributed by atoms with Crippen LogP contribution in [-0.4, -0.2) is 19.6 Å². The van der Waals surface area contributed by atoms with E-state index in [9.17, 15) is 5.11 Å². The van der Waals surface area contributed by atoms with Gasteiger partial charge in [0.05, 0.1) is 16.9 Å². The SMILES string of the molecule is CC(C)(C)c1cc(-c2cccc(-c3cc(C(C)(C)C)cc(-c4ccccc4)c3O)n2)cc(-n2c3ccccc3c3cccnc32)c1. The van der Waals surface area contributed by atoms with Crippen molar-refractivity contribution in [2.75, 3.05) is 0 Å². The summed E-state index contributed by atoms with van der Waals surface area (Å²) in [4.78, 5) is 10.1. The van der Waals surface area contributed by atoms with Crippen molar-refractivity contribution < 1.29 is 5.11 Å². The Labute approximate surface area is 271 Å². The highest BCUT2D eigenvalue weighted by molar-refractivity contribution is 6.07. The van der Waals surface area contributed by atoms with Gasteiger partial charge in [0, 0.05) is 39.3 Å². The first kappa shape index (κ1) is 29.5. The second-order valence-corrected chi connectivity index (χ2v) is 14.2. The predicted octanol–water partition coefficient (Wildman–Crippen LogP) is 10.9. The minimum Gasteiger partial charge on any atom is -0.507 e. The molecule has 3 aromatic heterocycles. The van der Waals surface area contributed by atoms with Gasteiger partial charge < -0.3 is 5.11 Å². The van der Waals surface area contributed by atoms with Gasteiger partial charge in [0.15, 0.2) is 0 Å². The van der Waals surface area contributed by atoms with Gasteiger partial charge in [-0.2, -0.15) is 0 Å². The van der Waals surface area contributed by atoms with Crippen LogP contribution in [0.25, 0.3) is 61.3 Å². The lowest BCUT2D eigenvalue weighted by Gasteiger charge is -2.23. The number of rotatable bonds is 4. The Morgan fingerprint density at radius 2 is 1.22 bits per heavy atom. The number of aromatic nitrogens is 3. The van der Waals surface area contributed by atoms with E-state index in [0.717, 1.165) is 61.4 Å². The minimum atomic E-state index is -0.115. The number of fused-ring (bicyclic) bond motifs is 3. The largest absolute Gasteiger partial charge is 0.507 e. The van der Waals surface area contributed by atoms with Crippen LogP contribution in [0.15, 0.2) is 121 Å². The highest BCUT2D eigenvalue weighted by Gasteiger charge is 2.23. The Bertz CT molecular complexity index is 2180. The Morgan fingerprint density at radius 3 is 1.98 bits per heavy atom. The summed E-state index contributed by atoms with van der Waals surface area (Å²) in [6.07, 6.45) is 1.86.